The van der Waals surface area contributed by atoms with E-state index in [0.29, 0.717) is 0 Å². The smallest absolute Gasteiger partial charge is 0.207 e. The molecule has 3 atom stereocenters. The zero-order valence-corrected chi connectivity index (χ0v) is 7.87. The Bertz CT molecular complexity index is 322. The lowest BCUT2D eigenvalue weighted by atomic mass is 9.79. The largest absolute Gasteiger partial charge is 0.323 e. The summed E-state index contributed by atoms with van der Waals surface area (Å²) in [4.78, 5) is 0. The van der Waals surface area contributed by atoms with Crippen LogP contribution in [-0.2, 0) is 5.41 Å². The van der Waals surface area contributed by atoms with Gasteiger partial charge in [-0.25, -0.2) is 9.07 Å². The zero-order valence-electron chi connectivity index (χ0n) is 7.87. The van der Waals surface area contributed by atoms with Crippen molar-refractivity contribution in [3.05, 3.63) is 18.0 Å². The number of rotatable bonds is 1. The second-order valence-electron chi connectivity index (χ2n) is 3.83. The van der Waals surface area contributed by atoms with Gasteiger partial charge in [0.2, 0.25) is 6.30 Å². The fourth-order valence-corrected chi connectivity index (χ4v) is 2.01. The van der Waals surface area contributed by atoms with Crippen LogP contribution in [0.1, 0.15) is 32.3 Å². The van der Waals surface area contributed by atoms with Crippen LogP contribution in [0.25, 0.3) is 0 Å². The van der Waals surface area contributed by atoms with Crippen LogP contribution in [-0.4, -0.2) is 15.8 Å². The Hall–Kier alpha value is -0.900. The number of hydrogen-bond donors (Lipinski definition) is 1. The summed E-state index contributed by atoms with van der Waals surface area (Å²) >= 11 is 0. The van der Waals surface area contributed by atoms with Gasteiger partial charge in [-0.2, -0.15) is 5.10 Å². The standard InChI is InChI=1S/C9H14FN3/c1-3-9(2)6-4-5-12-13(6)8(10)7(9)11/h4-5,7-8H,3,11H2,1-2H3/t7-,8?,9?/m1/s1. The van der Waals surface area contributed by atoms with E-state index in [1.54, 1.807) is 6.20 Å². The highest BCUT2D eigenvalue weighted by molar-refractivity contribution is 5.24. The number of nitrogens with two attached hydrogens (primary N) is 1. The highest BCUT2D eigenvalue weighted by atomic mass is 19.1. The van der Waals surface area contributed by atoms with E-state index >= 15 is 0 Å². The Balaban J connectivity index is 2.54. The summed E-state index contributed by atoms with van der Waals surface area (Å²) in [5.41, 5.74) is 6.47. The molecule has 13 heavy (non-hydrogen) atoms. The molecule has 2 rings (SSSR count). The van der Waals surface area contributed by atoms with Gasteiger partial charge < -0.3 is 5.73 Å². The molecule has 0 saturated heterocycles. The van der Waals surface area contributed by atoms with Crippen molar-refractivity contribution in [3.8, 4) is 0 Å². The van der Waals surface area contributed by atoms with Crippen molar-refractivity contribution in [1.29, 1.82) is 0 Å². The maximum absolute atomic E-state index is 13.6. The second kappa shape index (κ2) is 2.54. The van der Waals surface area contributed by atoms with Gasteiger partial charge in [-0.05, 0) is 12.5 Å². The molecule has 0 spiro atoms. The van der Waals surface area contributed by atoms with Crippen LogP contribution in [0.5, 0.6) is 0 Å². The molecular formula is C9H14FN3. The van der Waals surface area contributed by atoms with Crippen LogP contribution >= 0.6 is 0 Å². The Labute approximate surface area is 76.7 Å². The van der Waals surface area contributed by atoms with Gasteiger partial charge in [0.05, 0.1) is 6.04 Å². The molecule has 3 nitrogen and oxygen atoms in total. The van der Waals surface area contributed by atoms with Crippen LogP contribution in [0.2, 0.25) is 0 Å². The van der Waals surface area contributed by atoms with Crippen molar-refractivity contribution in [2.75, 3.05) is 0 Å². The van der Waals surface area contributed by atoms with E-state index in [4.69, 9.17) is 5.73 Å². The van der Waals surface area contributed by atoms with E-state index in [9.17, 15) is 4.39 Å². The first-order chi connectivity index (χ1) is 6.11. The molecule has 1 aliphatic rings. The molecule has 1 aromatic rings. The van der Waals surface area contributed by atoms with E-state index in [1.165, 1.54) is 4.68 Å². The van der Waals surface area contributed by atoms with Gasteiger partial charge in [0.25, 0.3) is 0 Å². The van der Waals surface area contributed by atoms with Crippen molar-refractivity contribution >= 4 is 0 Å². The number of alkyl halides is 1. The van der Waals surface area contributed by atoms with Crippen LogP contribution < -0.4 is 5.73 Å². The van der Waals surface area contributed by atoms with Crippen molar-refractivity contribution in [2.24, 2.45) is 5.73 Å². The Morgan fingerprint density at radius 3 is 3.08 bits per heavy atom. The molecule has 2 N–H and O–H groups in total. The molecule has 1 aromatic heterocycles. The molecule has 0 bridgehead atoms. The average Bonchev–Trinajstić information content (AvgIpc) is 2.67. The molecule has 2 unspecified atom stereocenters. The van der Waals surface area contributed by atoms with E-state index in [-0.39, 0.29) is 5.41 Å². The molecule has 0 radical (unpaired) electrons. The first kappa shape index (κ1) is 8.69. The summed E-state index contributed by atoms with van der Waals surface area (Å²) in [7, 11) is 0. The first-order valence-electron chi connectivity index (χ1n) is 4.55. The molecule has 4 heteroatoms. The SMILES string of the molecule is CCC1(C)c2ccnn2C(F)[C@H]1N. The summed E-state index contributed by atoms with van der Waals surface area (Å²) in [6.45, 7) is 4.01. The second-order valence-corrected chi connectivity index (χ2v) is 3.83. The molecule has 72 valence electrons. The fourth-order valence-electron chi connectivity index (χ4n) is 2.01. The molecule has 0 amide bonds. The van der Waals surface area contributed by atoms with Crippen LogP contribution in [0.3, 0.4) is 0 Å². The van der Waals surface area contributed by atoms with Crippen molar-refractivity contribution in [3.63, 3.8) is 0 Å². The lowest BCUT2D eigenvalue weighted by Gasteiger charge is -2.26. The van der Waals surface area contributed by atoms with E-state index < -0.39 is 12.3 Å². The number of halogens is 1. The predicted molar refractivity (Wildman–Crippen MR) is 48.0 cm³/mol. The molecule has 0 aromatic carbocycles. The first-order valence-corrected chi connectivity index (χ1v) is 4.55. The van der Waals surface area contributed by atoms with E-state index in [1.807, 2.05) is 19.9 Å². The Kier molecular flexibility index (Phi) is 1.70. The summed E-state index contributed by atoms with van der Waals surface area (Å²) in [6, 6.07) is 1.38. The fraction of sp³-hybridized carbons (Fsp3) is 0.667. The molecule has 1 aliphatic heterocycles. The van der Waals surface area contributed by atoms with Gasteiger partial charge in [0, 0.05) is 17.3 Å². The third-order valence-corrected chi connectivity index (χ3v) is 3.26. The monoisotopic (exact) mass is 183 g/mol. The summed E-state index contributed by atoms with van der Waals surface area (Å²) in [6.07, 6.45) is 1.29. The molecule has 0 saturated carbocycles. The number of fused-ring (bicyclic) bond motifs is 1. The van der Waals surface area contributed by atoms with Gasteiger partial charge in [0.1, 0.15) is 0 Å². The minimum absolute atomic E-state index is 0.268. The van der Waals surface area contributed by atoms with Crippen molar-refractivity contribution < 1.29 is 4.39 Å². The number of nitrogens with zero attached hydrogens (tertiary/aromatic N) is 2. The average molecular weight is 183 g/mol. The van der Waals surface area contributed by atoms with Crippen LogP contribution in [0.4, 0.5) is 4.39 Å². The van der Waals surface area contributed by atoms with Gasteiger partial charge >= 0.3 is 0 Å². The third kappa shape index (κ3) is 0.892. The van der Waals surface area contributed by atoms with Crippen LogP contribution in [0.15, 0.2) is 12.3 Å². The van der Waals surface area contributed by atoms with Crippen molar-refractivity contribution in [2.45, 2.75) is 38.0 Å². The predicted octanol–water partition coefficient (Wildman–Crippen LogP) is 1.36. The van der Waals surface area contributed by atoms with E-state index in [2.05, 4.69) is 5.10 Å². The summed E-state index contributed by atoms with van der Waals surface area (Å²) in [5, 5.41) is 3.93. The van der Waals surface area contributed by atoms with Gasteiger partial charge in [-0.3, -0.25) is 0 Å². The zero-order chi connectivity index (χ0) is 9.64. The molecule has 0 fully saturated rings. The number of aromatic nitrogens is 2. The maximum Gasteiger partial charge on any atom is 0.207 e. The normalized spacial score (nSPS) is 37.8. The minimum atomic E-state index is -1.17. The lowest BCUT2D eigenvalue weighted by Crippen LogP contribution is -2.40. The van der Waals surface area contributed by atoms with Gasteiger partial charge in [-0.15, -0.1) is 0 Å². The Morgan fingerprint density at radius 2 is 2.46 bits per heavy atom. The number of hydrogen-bond acceptors (Lipinski definition) is 2. The minimum Gasteiger partial charge on any atom is -0.323 e. The highest BCUT2D eigenvalue weighted by Crippen LogP contribution is 2.42. The van der Waals surface area contributed by atoms with Gasteiger partial charge in [-0.1, -0.05) is 13.8 Å². The third-order valence-electron chi connectivity index (χ3n) is 3.26. The van der Waals surface area contributed by atoms with Crippen molar-refractivity contribution in [1.82, 2.24) is 9.78 Å². The van der Waals surface area contributed by atoms with Gasteiger partial charge in [0.15, 0.2) is 0 Å². The van der Waals surface area contributed by atoms with E-state index in [0.717, 1.165) is 12.1 Å². The lowest BCUT2D eigenvalue weighted by molar-refractivity contribution is 0.179. The Morgan fingerprint density at radius 1 is 1.77 bits per heavy atom. The highest BCUT2D eigenvalue weighted by Gasteiger charge is 2.47. The quantitative estimate of drug-likeness (QED) is 0.714. The molecular weight excluding hydrogens is 169 g/mol. The maximum atomic E-state index is 13.6. The van der Waals surface area contributed by atoms with Crippen LogP contribution in [0, 0.1) is 0 Å². The molecule has 2 heterocycles. The summed E-state index contributed by atoms with van der Waals surface area (Å²) in [5.74, 6) is 0. The topological polar surface area (TPSA) is 43.8 Å². The summed E-state index contributed by atoms with van der Waals surface area (Å²) < 4.78 is 15.0. The molecule has 0 aliphatic carbocycles.